The van der Waals surface area contributed by atoms with Gasteiger partial charge in [-0.15, -0.1) is 0 Å². The molecular formula is C13H15ClN2O3. The highest BCUT2D eigenvalue weighted by molar-refractivity contribution is 6.30. The summed E-state index contributed by atoms with van der Waals surface area (Å²) in [6, 6.07) is 6.72. The zero-order chi connectivity index (χ0) is 13.8. The summed E-state index contributed by atoms with van der Waals surface area (Å²) in [4.78, 5) is 24.3. The number of carbonyl (C=O) groups is 2. The normalized spacial score (nSPS) is 13.9. The fraction of sp³-hybridized carbons (Fsp3) is 0.385. The number of amides is 2. The van der Waals surface area contributed by atoms with Gasteiger partial charge in [-0.3, -0.25) is 4.79 Å². The van der Waals surface area contributed by atoms with Crippen molar-refractivity contribution in [3.63, 3.8) is 0 Å². The maximum atomic E-state index is 12.1. The predicted octanol–water partition coefficient (Wildman–Crippen LogP) is 2.81. The summed E-state index contributed by atoms with van der Waals surface area (Å²) in [6.45, 7) is 0.236. The first-order valence-electron chi connectivity index (χ1n) is 6.11. The van der Waals surface area contributed by atoms with Gasteiger partial charge in [0.1, 0.15) is 0 Å². The number of nitrogens with one attached hydrogen (secondary N) is 1. The van der Waals surface area contributed by atoms with E-state index in [0.29, 0.717) is 10.7 Å². The van der Waals surface area contributed by atoms with Gasteiger partial charge in [-0.25, -0.2) is 4.79 Å². The number of benzene rings is 1. The van der Waals surface area contributed by atoms with Gasteiger partial charge in [0.2, 0.25) is 0 Å². The maximum Gasteiger partial charge on any atom is 0.322 e. The van der Waals surface area contributed by atoms with Crippen molar-refractivity contribution in [3.8, 4) is 0 Å². The highest BCUT2D eigenvalue weighted by atomic mass is 35.5. The first-order chi connectivity index (χ1) is 9.06. The first kappa shape index (κ1) is 13.7. The Hall–Kier alpha value is -1.75. The lowest BCUT2D eigenvalue weighted by Gasteiger charge is -2.22. The van der Waals surface area contributed by atoms with E-state index in [0.717, 1.165) is 12.8 Å². The molecule has 0 spiro atoms. The van der Waals surface area contributed by atoms with Crippen molar-refractivity contribution in [2.45, 2.75) is 25.3 Å². The Balaban J connectivity index is 1.95. The first-order valence-corrected chi connectivity index (χ1v) is 6.49. The molecule has 1 aromatic carbocycles. The summed E-state index contributed by atoms with van der Waals surface area (Å²) >= 11 is 5.77. The maximum absolute atomic E-state index is 12.1. The fourth-order valence-electron chi connectivity index (χ4n) is 1.78. The van der Waals surface area contributed by atoms with Gasteiger partial charge in [-0.05, 0) is 37.1 Å². The van der Waals surface area contributed by atoms with E-state index in [1.54, 1.807) is 29.2 Å². The van der Waals surface area contributed by atoms with Gasteiger partial charge in [-0.2, -0.15) is 0 Å². The third-order valence-corrected chi connectivity index (χ3v) is 3.16. The monoisotopic (exact) mass is 282 g/mol. The van der Waals surface area contributed by atoms with Gasteiger partial charge in [0.25, 0.3) is 0 Å². The quantitative estimate of drug-likeness (QED) is 0.872. The van der Waals surface area contributed by atoms with E-state index < -0.39 is 5.97 Å². The van der Waals surface area contributed by atoms with E-state index in [1.807, 2.05) is 0 Å². The van der Waals surface area contributed by atoms with Crippen LogP contribution in [-0.2, 0) is 4.79 Å². The molecule has 0 unspecified atom stereocenters. The number of carbonyl (C=O) groups excluding carboxylic acids is 1. The third kappa shape index (κ3) is 4.13. The second kappa shape index (κ2) is 5.93. The number of urea groups is 1. The molecule has 1 aliphatic carbocycles. The van der Waals surface area contributed by atoms with Crippen LogP contribution in [0.3, 0.4) is 0 Å². The standard InChI is InChI=1S/C13H15ClN2O3/c14-9-1-3-10(4-2-9)15-13(19)16(11-5-6-11)8-7-12(17)18/h1-4,11H,5-8H2,(H,15,19)(H,17,18). The van der Waals surface area contributed by atoms with Crippen molar-refractivity contribution in [3.05, 3.63) is 29.3 Å². The third-order valence-electron chi connectivity index (χ3n) is 2.91. The molecule has 0 aromatic heterocycles. The zero-order valence-corrected chi connectivity index (χ0v) is 11.1. The van der Waals surface area contributed by atoms with Crippen LogP contribution in [0.2, 0.25) is 5.02 Å². The number of anilines is 1. The van der Waals surface area contributed by atoms with Crippen molar-refractivity contribution >= 4 is 29.3 Å². The number of carboxylic acids is 1. The Morgan fingerprint density at radius 1 is 1.32 bits per heavy atom. The average molecular weight is 283 g/mol. The number of hydrogen-bond donors (Lipinski definition) is 2. The average Bonchev–Trinajstić information content (AvgIpc) is 3.16. The van der Waals surface area contributed by atoms with Crippen molar-refractivity contribution in [2.24, 2.45) is 0 Å². The van der Waals surface area contributed by atoms with Crippen LogP contribution >= 0.6 is 11.6 Å². The minimum Gasteiger partial charge on any atom is -0.481 e. The summed E-state index contributed by atoms with van der Waals surface area (Å²) in [5.41, 5.74) is 0.648. The summed E-state index contributed by atoms with van der Waals surface area (Å²) in [5.74, 6) is -0.898. The Labute approximate surface area is 116 Å². The molecule has 2 amide bonds. The highest BCUT2D eigenvalue weighted by Gasteiger charge is 2.32. The topological polar surface area (TPSA) is 69.6 Å². The van der Waals surface area contributed by atoms with E-state index in [-0.39, 0.29) is 25.0 Å². The van der Waals surface area contributed by atoms with Gasteiger partial charge >= 0.3 is 12.0 Å². The van der Waals surface area contributed by atoms with Crippen molar-refractivity contribution in [1.29, 1.82) is 0 Å². The molecule has 1 aliphatic rings. The summed E-state index contributed by atoms with van der Waals surface area (Å²) in [5, 5.41) is 12.0. The number of hydrogen-bond acceptors (Lipinski definition) is 2. The second-order valence-electron chi connectivity index (χ2n) is 4.51. The molecule has 0 saturated heterocycles. The molecule has 2 rings (SSSR count). The van der Waals surface area contributed by atoms with Crippen LogP contribution in [0.1, 0.15) is 19.3 Å². The molecular weight excluding hydrogens is 268 g/mol. The molecule has 1 aromatic rings. The van der Waals surface area contributed by atoms with Crippen LogP contribution in [-0.4, -0.2) is 34.6 Å². The van der Waals surface area contributed by atoms with Crippen LogP contribution in [0.4, 0.5) is 10.5 Å². The van der Waals surface area contributed by atoms with Crippen LogP contribution < -0.4 is 5.32 Å². The minimum absolute atomic E-state index is 0.0372. The van der Waals surface area contributed by atoms with Crippen LogP contribution in [0.25, 0.3) is 0 Å². The van der Waals surface area contributed by atoms with Crippen LogP contribution in [0.15, 0.2) is 24.3 Å². The minimum atomic E-state index is -0.898. The lowest BCUT2D eigenvalue weighted by molar-refractivity contribution is -0.137. The lowest BCUT2D eigenvalue weighted by atomic mass is 10.3. The number of nitrogens with zero attached hydrogens (tertiary/aromatic N) is 1. The summed E-state index contributed by atoms with van der Waals surface area (Å²) < 4.78 is 0. The Morgan fingerprint density at radius 2 is 1.95 bits per heavy atom. The fourth-order valence-corrected chi connectivity index (χ4v) is 1.91. The molecule has 1 fully saturated rings. The van der Waals surface area contributed by atoms with E-state index in [1.165, 1.54) is 0 Å². The smallest absolute Gasteiger partial charge is 0.322 e. The lowest BCUT2D eigenvalue weighted by Crippen LogP contribution is -2.38. The van der Waals surface area contributed by atoms with Gasteiger partial charge in [-0.1, -0.05) is 11.6 Å². The second-order valence-corrected chi connectivity index (χ2v) is 4.94. The van der Waals surface area contributed by atoms with Crippen LogP contribution in [0, 0.1) is 0 Å². The zero-order valence-electron chi connectivity index (χ0n) is 10.3. The summed E-state index contributed by atoms with van der Waals surface area (Å²) in [6.07, 6.45) is 1.84. The predicted molar refractivity (Wildman–Crippen MR) is 72.5 cm³/mol. The molecule has 19 heavy (non-hydrogen) atoms. The highest BCUT2D eigenvalue weighted by Crippen LogP contribution is 2.27. The Morgan fingerprint density at radius 3 is 2.47 bits per heavy atom. The Kier molecular flexibility index (Phi) is 4.27. The molecule has 0 bridgehead atoms. The molecule has 0 radical (unpaired) electrons. The van der Waals surface area contributed by atoms with Crippen LogP contribution in [0.5, 0.6) is 0 Å². The Bertz CT molecular complexity index is 471. The number of aliphatic carboxylic acids is 1. The molecule has 6 heteroatoms. The van der Waals surface area contributed by atoms with E-state index in [4.69, 9.17) is 16.7 Å². The van der Waals surface area contributed by atoms with Gasteiger partial charge < -0.3 is 15.3 Å². The molecule has 5 nitrogen and oxygen atoms in total. The largest absolute Gasteiger partial charge is 0.481 e. The van der Waals surface area contributed by atoms with E-state index in [9.17, 15) is 9.59 Å². The molecule has 2 N–H and O–H groups in total. The summed E-state index contributed by atoms with van der Waals surface area (Å²) in [7, 11) is 0. The van der Waals surface area contributed by atoms with Gasteiger partial charge in [0.05, 0.1) is 6.42 Å². The molecule has 0 atom stereocenters. The number of halogens is 1. The van der Waals surface area contributed by atoms with Crippen molar-refractivity contribution < 1.29 is 14.7 Å². The van der Waals surface area contributed by atoms with Crippen molar-refractivity contribution in [2.75, 3.05) is 11.9 Å². The molecule has 0 aliphatic heterocycles. The molecule has 102 valence electrons. The number of rotatable bonds is 5. The van der Waals surface area contributed by atoms with Gasteiger partial charge in [0, 0.05) is 23.3 Å². The van der Waals surface area contributed by atoms with Crippen molar-refractivity contribution in [1.82, 2.24) is 4.90 Å². The molecule has 0 heterocycles. The SMILES string of the molecule is O=C(O)CCN(C(=O)Nc1ccc(Cl)cc1)C1CC1. The number of carboxylic acid groups (broad SMARTS) is 1. The molecule has 1 saturated carbocycles. The van der Waals surface area contributed by atoms with E-state index >= 15 is 0 Å². The van der Waals surface area contributed by atoms with E-state index in [2.05, 4.69) is 5.32 Å². The van der Waals surface area contributed by atoms with Gasteiger partial charge in [0.15, 0.2) is 0 Å².